The van der Waals surface area contributed by atoms with Crippen molar-refractivity contribution in [3.8, 4) is 0 Å². The van der Waals surface area contributed by atoms with Crippen LogP contribution in [-0.2, 0) is 11.2 Å². The zero-order valence-electron chi connectivity index (χ0n) is 11.8. The van der Waals surface area contributed by atoms with Gasteiger partial charge in [-0.05, 0) is 25.0 Å². The van der Waals surface area contributed by atoms with E-state index < -0.39 is 24.5 Å². The lowest BCUT2D eigenvalue weighted by molar-refractivity contribution is -0.140. The van der Waals surface area contributed by atoms with Gasteiger partial charge in [-0.25, -0.2) is 9.78 Å². The molecule has 0 saturated carbocycles. The van der Waals surface area contributed by atoms with Gasteiger partial charge >= 0.3 is 5.97 Å². The molecule has 0 spiro atoms. The molecule has 2 aromatic heterocycles. The number of pyridine rings is 1. The second kappa shape index (κ2) is 5.92. The molecule has 2 rings (SSSR count). The molecule has 2 heterocycles. The van der Waals surface area contributed by atoms with Gasteiger partial charge in [0, 0.05) is 6.20 Å². The third-order valence-electron chi connectivity index (χ3n) is 3.17. The molecule has 2 aromatic rings. The second-order valence-electron chi connectivity index (χ2n) is 4.74. The molecular formula is C14H17N3O4. The van der Waals surface area contributed by atoms with Crippen molar-refractivity contribution in [3.05, 3.63) is 35.3 Å². The van der Waals surface area contributed by atoms with Crippen LogP contribution in [0.3, 0.4) is 0 Å². The molecule has 1 amide bonds. The van der Waals surface area contributed by atoms with E-state index >= 15 is 0 Å². The molecule has 0 aliphatic carbocycles. The van der Waals surface area contributed by atoms with Crippen molar-refractivity contribution in [3.63, 3.8) is 0 Å². The molecule has 3 N–H and O–H groups in total. The maximum atomic E-state index is 12.3. The van der Waals surface area contributed by atoms with Crippen LogP contribution in [0.2, 0.25) is 0 Å². The van der Waals surface area contributed by atoms with Crippen molar-refractivity contribution in [2.75, 3.05) is 6.61 Å². The quantitative estimate of drug-likeness (QED) is 0.739. The molecule has 0 saturated heterocycles. The van der Waals surface area contributed by atoms with E-state index in [4.69, 9.17) is 10.2 Å². The molecule has 7 heteroatoms. The van der Waals surface area contributed by atoms with Crippen molar-refractivity contribution in [2.45, 2.75) is 26.3 Å². The highest BCUT2D eigenvalue weighted by atomic mass is 16.4. The Morgan fingerprint density at radius 3 is 2.71 bits per heavy atom. The van der Waals surface area contributed by atoms with Gasteiger partial charge in [0.15, 0.2) is 6.04 Å². The number of hydrogen-bond acceptors (Lipinski definition) is 4. The number of carbonyl (C=O) groups is 2. The number of aliphatic hydroxyl groups is 1. The molecule has 0 aromatic carbocycles. The lowest BCUT2D eigenvalue weighted by Gasteiger charge is -2.12. The van der Waals surface area contributed by atoms with Crippen LogP contribution in [0.1, 0.15) is 28.7 Å². The minimum Gasteiger partial charge on any atom is -0.480 e. The van der Waals surface area contributed by atoms with Crippen LogP contribution < -0.4 is 5.32 Å². The SMILES string of the molecule is CCc1nc2ccc(C)cn2c1C(=O)NC(CO)C(=O)O. The monoisotopic (exact) mass is 291 g/mol. The molecule has 112 valence electrons. The van der Waals surface area contributed by atoms with Crippen molar-refractivity contribution >= 4 is 17.5 Å². The summed E-state index contributed by atoms with van der Waals surface area (Å²) in [6, 6.07) is 2.35. The van der Waals surface area contributed by atoms with Crippen LogP contribution in [0.25, 0.3) is 5.65 Å². The van der Waals surface area contributed by atoms with Gasteiger partial charge in [0.2, 0.25) is 0 Å². The Hall–Kier alpha value is -2.41. The molecule has 0 bridgehead atoms. The Labute approximate surface area is 121 Å². The number of rotatable bonds is 5. The van der Waals surface area contributed by atoms with Gasteiger partial charge in [-0.1, -0.05) is 13.0 Å². The molecule has 0 aliphatic rings. The van der Waals surface area contributed by atoms with Crippen molar-refractivity contribution in [1.82, 2.24) is 14.7 Å². The highest BCUT2D eigenvalue weighted by Gasteiger charge is 2.24. The summed E-state index contributed by atoms with van der Waals surface area (Å²) in [5.74, 6) is -1.85. The summed E-state index contributed by atoms with van der Waals surface area (Å²) in [5.41, 5.74) is 2.46. The summed E-state index contributed by atoms with van der Waals surface area (Å²) in [7, 11) is 0. The van der Waals surface area contributed by atoms with Gasteiger partial charge in [0.25, 0.3) is 5.91 Å². The standard InChI is InChI=1S/C14H17N3O4/c1-3-9-12(13(19)16-10(7-18)14(20)21)17-6-8(2)4-5-11(17)15-9/h4-6,10,18H,3,7H2,1-2H3,(H,16,19)(H,20,21). The normalized spacial score (nSPS) is 12.3. The van der Waals surface area contributed by atoms with Crippen LogP contribution in [0.15, 0.2) is 18.3 Å². The molecule has 21 heavy (non-hydrogen) atoms. The smallest absolute Gasteiger partial charge is 0.328 e. The maximum absolute atomic E-state index is 12.3. The third-order valence-corrected chi connectivity index (χ3v) is 3.17. The zero-order valence-corrected chi connectivity index (χ0v) is 11.8. The van der Waals surface area contributed by atoms with E-state index in [1.54, 1.807) is 16.7 Å². The van der Waals surface area contributed by atoms with E-state index in [1.807, 2.05) is 19.9 Å². The molecule has 7 nitrogen and oxygen atoms in total. The Morgan fingerprint density at radius 2 is 2.14 bits per heavy atom. The first-order valence-electron chi connectivity index (χ1n) is 6.60. The summed E-state index contributed by atoms with van der Waals surface area (Å²) in [5, 5.41) is 20.2. The topological polar surface area (TPSA) is 104 Å². The van der Waals surface area contributed by atoms with Gasteiger partial charge < -0.3 is 15.5 Å². The number of nitrogens with one attached hydrogen (secondary N) is 1. The lowest BCUT2D eigenvalue weighted by Crippen LogP contribution is -2.43. The predicted molar refractivity (Wildman–Crippen MR) is 75.3 cm³/mol. The Morgan fingerprint density at radius 1 is 1.43 bits per heavy atom. The van der Waals surface area contributed by atoms with E-state index in [0.29, 0.717) is 23.5 Å². The largest absolute Gasteiger partial charge is 0.480 e. The second-order valence-corrected chi connectivity index (χ2v) is 4.74. The first kappa shape index (κ1) is 15.0. The average Bonchev–Trinajstić information content (AvgIpc) is 2.81. The number of aromatic nitrogens is 2. The van der Waals surface area contributed by atoms with Crippen LogP contribution in [-0.4, -0.2) is 44.1 Å². The number of fused-ring (bicyclic) bond motifs is 1. The van der Waals surface area contributed by atoms with Crippen LogP contribution in [0.4, 0.5) is 0 Å². The Bertz CT molecular complexity index is 693. The number of aliphatic carboxylic acids is 1. The number of carboxylic acid groups (broad SMARTS) is 1. The fourth-order valence-corrected chi connectivity index (χ4v) is 2.10. The van der Waals surface area contributed by atoms with Crippen LogP contribution in [0, 0.1) is 6.92 Å². The number of carboxylic acids is 1. The number of nitrogens with zero attached hydrogens (tertiary/aromatic N) is 2. The van der Waals surface area contributed by atoms with Crippen LogP contribution in [0.5, 0.6) is 0 Å². The average molecular weight is 291 g/mol. The van der Waals surface area contributed by atoms with Gasteiger partial charge in [-0.2, -0.15) is 0 Å². The van der Waals surface area contributed by atoms with Crippen molar-refractivity contribution in [2.24, 2.45) is 0 Å². The summed E-state index contributed by atoms with van der Waals surface area (Å²) < 4.78 is 1.64. The lowest BCUT2D eigenvalue weighted by atomic mass is 10.2. The minimum absolute atomic E-state index is 0.302. The molecular weight excluding hydrogens is 274 g/mol. The van der Waals surface area contributed by atoms with E-state index in [-0.39, 0.29) is 0 Å². The first-order valence-corrected chi connectivity index (χ1v) is 6.60. The highest BCUT2D eigenvalue weighted by molar-refractivity contribution is 5.97. The van der Waals surface area contributed by atoms with Gasteiger partial charge in [-0.3, -0.25) is 9.20 Å². The minimum atomic E-state index is -1.34. The summed E-state index contributed by atoms with van der Waals surface area (Å²) in [4.78, 5) is 27.6. The molecule has 1 unspecified atom stereocenters. The van der Waals surface area contributed by atoms with Crippen LogP contribution >= 0.6 is 0 Å². The Balaban J connectivity index is 2.46. The number of imidazole rings is 1. The van der Waals surface area contributed by atoms with E-state index in [0.717, 1.165) is 5.56 Å². The fourth-order valence-electron chi connectivity index (χ4n) is 2.10. The zero-order chi connectivity index (χ0) is 15.6. The van der Waals surface area contributed by atoms with E-state index in [2.05, 4.69) is 10.3 Å². The van der Waals surface area contributed by atoms with Gasteiger partial charge in [-0.15, -0.1) is 0 Å². The van der Waals surface area contributed by atoms with Gasteiger partial charge in [0.1, 0.15) is 11.3 Å². The molecule has 0 fully saturated rings. The first-order chi connectivity index (χ1) is 9.97. The van der Waals surface area contributed by atoms with E-state index in [1.165, 1.54) is 0 Å². The number of carbonyl (C=O) groups excluding carboxylic acids is 1. The van der Waals surface area contributed by atoms with Crippen molar-refractivity contribution in [1.29, 1.82) is 0 Å². The summed E-state index contributed by atoms with van der Waals surface area (Å²) in [6.45, 7) is 3.09. The molecule has 1 atom stereocenters. The van der Waals surface area contributed by atoms with Gasteiger partial charge in [0.05, 0.1) is 12.3 Å². The number of hydrogen-bond donors (Lipinski definition) is 3. The van der Waals surface area contributed by atoms with E-state index in [9.17, 15) is 9.59 Å². The Kier molecular flexibility index (Phi) is 4.23. The fraction of sp³-hybridized carbons (Fsp3) is 0.357. The number of aryl methyl sites for hydroxylation is 2. The summed E-state index contributed by atoms with van der Waals surface area (Å²) >= 11 is 0. The number of amides is 1. The third kappa shape index (κ3) is 2.87. The highest BCUT2D eigenvalue weighted by Crippen LogP contribution is 2.15. The predicted octanol–water partition coefficient (Wildman–Crippen LogP) is 0.380. The maximum Gasteiger partial charge on any atom is 0.328 e. The molecule has 0 radical (unpaired) electrons. The molecule has 0 aliphatic heterocycles. The number of aliphatic hydroxyl groups excluding tert-OH is 1. The summed E-state index contributed by atoms with van der Waals surface area (Å²) in [6.07, 6.45) is 2.31. The van der Waals surface area contributed by atoms with Crippen molar-refractivity contribution < 1.29 is 19.8 Å².